The van der Waals surface area contributed by atoms with E-state index in [1.807, 2.05) is 0 Å². The summed E-state index contributed by atoms with van der Waals surface area (Å²) in [7, 11) is 0. The monoisotopic (exact) mass is 388 g/mol. The smallest absolute Gasteiger partial charge is 0.259 e. The number of rotatable bonds is 2. The Morgan fingerprint density at radius 1 is 1.42 bits per heavy atom. The van der Waals surface area contributed by atoms with E-state index in [0.29, 0.717) is 10.8 Å². The minimum Gasteiger partial charge on any atom is -0.507 e. The van der Waals surface area contributed by atoms with Crippen LogP contribution in [-0.4, -0.2) is 16.0 Å². The Labute approximate surface area is 129 Å². The van der Waals surface area contributed by atoms with Crippen LogP contribution in [0.1, 0.15) is 15.9 Å². The number of hydrogen-bond donors (Lipinski definition) is 2. The van der Waals surface area contributed by atoms with E-state index >= 15 is 0 Å². The lowest BCUT2D eigenvalue weighted by atomic mass is 10.2. The zero-order valence-corrected chi connectivity index (χ0v) is 12.9. The normalized spacial score (nSPS) is 10.3. The van der Waals surface area contributed by atoms with Crippen LogP contribution in [0.4, 0.5) is 5.69 Å². The first kappa shape index (κ1) is 14.1. The van der Waals surface area contributed by atoms with Gasteiger partial charge in [-0.2, -0.15) is 0 Å². The molecule has 0 unspecified atom stereocenters. The zero-order chi connectivity index (χ0) is 14.0. The Morgan fingerprint density at radius 2 is 2.16 bits per heavy atom. The number of amides is 1. The summed E-state index contributed by atoms with van der Waals surface area (Å²) in [5.41, 5.74) is 1.52. The van der Waals surface area contributed by atoms with Gasteiger partial charge < -0.3 is 10.4 Å². The van der Waals surface area contributed by atoms with Crippen LogP contribution in [0.15, 0.2) is 30.5 Å². The zero-order valence-electron chi connectivity index (χ0n) is 9.95. The molecule has 2 rings (SSSR count). The average molecular weight is 389 g/mol. The minimum atomic E-state index is -0.389. The first-order valence-electron chi connectivity index (χ1n) is 5.39. The number of nitrogens with zero attached hydrogens (tertiary/aromatic N) is 1. The predicted molar refractivity (Wildman–Crippen MR) is 82.8 cm³/mol. The Hall–Kier alpha value is -1.34. The summed E-state index contributed by atoms with van der Waals surface area (Å²) in [5, 5.41) is 12.8. The van der Waals surface area contributed by atoms with Gasteiger partial charge >= 0.3 is 0 Å². The van der Waals surface area contributed by atoms with E-state index in [2.05, 4.69) is 32.9 Å². The second kappa shape index (κ2) is 5.75. The molecule has 19 heavy (non-hydrogen) atoms. The van der Waals surface area contributed by atoms with Crippen molar-refractivity contribution in [1.82, 2.24) is 4.98 Å². The Bertz CT molecular complexity index is 647. The quantitative estimate of drug-likeness (QED) is 0.610. The van der Waals surface area contributed by atoms with Crippen molar-refractivity contribution in [3.05, 3.63) is 50.3 Å². The van der Waals surface area contributed by atoms with E-state index in [4.69, 9.17) is 11.6 Å². The maximum absolute atomic E-state index is 12.0. The SMILES string of the molecule is Cc1cc(NC(=O)c2cc(I)ccc2O)cnc1Cl. The van der Waals surface area contributed by atoms with Gasteiger partial charge in [0.25, 0.3) is 5.91 Å². The number of nitrogens with one attached hydrogen (secondary N) is 1. The molecule has 0 bridgehead atoms. The number of hydrogen-bond acceptors (Lipinski definition) is 3. The molecule has 1 aromatic heterocycles. The predicted octanol–water partition coefficient (Wildman–Crippen LogP) is 3.61. The summed E-state index contributed by atoms with van der Waals surface area (Å²) in [6.45, 7) is 1.80. The van der Waals surface area contributed by atoms with Crippen molar-refractivity contribution in [2.45, 2.75) is 6.92 Å². The molecule has 0 aliphatic carbocycles. The molecule has 0 fully saturated rings. The number of phenolic OH excluding ortho intramolecular Hbond substituents is 1. The number of pyridine rings is 1. The molecule has 0 saturated carbocycles. The summed E-state index contributed by atoms with van der Waals surface area (Å²) in [6, 6.07) is 6.54. The molecule has 2 aromatic rings. The molecule has 1 amide bonds. The highest BCUT2D eigenvalue weighted by molar-refractivity contribution is 14.1. The lowest BCUT2D eigenvalue weighted by Crippen LogP contribution is -2.12. The number of benzene rings is 1. The second-order valence-electron chi connectivity index (χ2n) is 3.95. The lowest BCUT2D eigenvalue weighted by Gasteiger charge is -2.08. The molecule has 0 saturated heterocycles. The maximum atomic E-state index is 12.0. The summed E-state index contributed by atoms with van der Waals surface area (Å²) in [6.07, 6.45) is 1.47. The van der Waals surface area contributed by atoms with Crippen LogP contribution < -0.4 is 5.32 Å². The number of halogens is 2. The van der Waals surface area contributed by atoms with Crippen LogP contribution >= 0.6 is 34.2 Å². The fourth-order valence-corrected chi connectivity index (χ4v) is 2.11. The van der Waals surface area contributed by atoms with Crippen LogP contribution in [0.3, 0.4) is 0 Å². The maximum Gasteiger partial charge on any atom is 0.259 e. The van der Waals surface area contributed by atoms with Gasteiger partial charge in [0, 0.05) is 3.57 Å². The second-order valence-corrected chi connectivity index (χ2v) is 5.55. The van der Waals surface area contributed by atoms with E-state index in [-0.39, 0.29) is 17.2 Å². The Kier molecular flexibility index (Phi) is 4.26. The lowest BCUT2D eigenvalue weighted by molar-refractivity contribution is 0.102. The topological polar surface area (TPSA) is 62.2 Å². The molecule has 6 heteroatoms. The highest BCUT2D eigenvalue weighted by atomic mass is 127. The molecule has 0 aliphatic heterocycles. The molecule has 4 nitrogen and oxygen atoms in total. The first-order chi connectivity index (χ1) is 8.97. The fourth-order valence-electron chi connectivity index (χ4n) is 1.52. The van der Waals surface area contributed by atoms with Gasteiger partial charge in [0.05, 0.1) is 17.4 Å². The molecule has 2 N–H and O–H groups in total. The van der Waals surface area contributed by atoms with Gasteiger partial charge in [-0.1, -0.05) is 11.6 Å². The van der Waals surface area contributed by atoms with Gasteiger partial charge in [-0.25, -0.2) is 4.98 Å². The van der Waals surface area contributed by atoms with Crippen molar-refractivity contribution in [3.8, 4) is 5.75 Å². The van der Waals surface area contributed by atoms with Crippen LogP contribution in [0.2, 0.25) is 5.15 Å². The first-order valence-corrected chi connectivity index (χ1v) is 6.85. The Morgan fingerprint density at radius 3 is 2.84 bits per heavy atom. The fraction of sp³-hybridized carbons (Fsp3) is 0.0769. The molecular weight excluding hydrogens is 379 g/mol. The van der Waals surface area contributed by atoms with E-state index in [9.17, 15) is 9.90 Å². The highest BCUT2D eigenvalue weighted by Gasteiger charge is 2.12. The van der Waals surface area contributed by atoms with Gasteiger partial charge in [-0.15, -0.1) is 0 Å². The molecule has 1 aromatic carbocycles. The van der Waals surface area contributed by atoms with Gasteiger partial charge in [0.2, 0.25) is 0 Å². The van der Waals surface area contributed by atoms with Gasteiger partial charge in [-0.05, 0) is 59.3 Å². The van der Waals surface area contributed by atoms with E-state index in [0.717, 1.165) is 9.13 Å². The summed E-state index contributed by atoms with van der Waals surface area (Å²) in [5.74, 6) is -0.448. The van der Waals surface area contributed by atoms with E-state index in [1.54, 1.807) is 25.1 Å². The molecule has 0 aliphatic rings. The third kappa shape index (κ3) is 3.36. The number of phenols is 1. The van der Waals surface area contributed by atoms with Crippen LogP contribution in [0.5, 0.6) is 5.75 Å². The number of anilines is 1. The molecule has 1 heterocycles. The number of carbonyl (C=O) groups excluding carboxylic acids is 1. The third-order valence-electron chi connectivity index (χ3n) is 2.48. The number of aromatic nitrogens is 1. The third-order valence-corrected chi connectivity index (χ3v) is 3.54. The highest BCUT2D eigenvalue weighted by Crippen LogP contribution is 2.22. The van der Waals surface area contributed by atoms with Crippen molar-refractivity contribution in [3.63, 3.8) is 0 Å². The van der Waals surface area contributed by atoms with Crippen molar-refractivity contribution in [2.75, 3.05) is 5.32 Å². The van der Waals surface area contributed by atoms with Crippen molar-refractivity contribution >= 4 is 45.8 Å². The molecule has 0 radical (unpaired) electrons. The van der Waals surface area contributed by atoms with Crippen LogP contribution in [-0.2, 0) is 0 Å². The average Bonchev–Trinajstić information content (AvgIpc) is 2.36. The Balaban J connectivity index is 2.25. The summed E-state index contributed by atoms with van der Waals surface area (Å²) >= 11 is 7.89. The van der Waals surface area contributed by atoms with Crippen LogP contribution in [0, 0.1) is 10.5 Å². The number of aromatic hydroxyl groups is 1. The van der Waals surface area contributed by atoms with E-state index < -0.39 is 0 Å². The van der Waals surface area contributed by atoms with Gasteiger partial charge in [-0.3, -0.25) is 4.79 Å². The summed E-state index contributed by atoms with van der Waals surface area (Å²) < 4.78 is 0.867. The van der Waals surface area contributed by atoms with Crippen molar-refractivity contribution in [1.29, 1.82) is 0 Å². The molecule has 0 spiro atoms. The molecule has 98 valence electrons. The number of carbonyl (C=O) groups is 1. The summed E-state index contributed by atoms with van der Waals surface area (Å²) in [4.78, 5) is 16.0. The largest absolute Gasteiger partial charge is 0.507 e. The van der Waals surface area contributed by atoms with E-state index in [1.165, 1.54) is 12.3 Å². The van der Waals surface area contributed by atoms with Crippen molar-refractivity contribution < 1.29 is 9.90 Å². The molecular formula is C13H10ClIN2O2. The van der Waals surface area contributed by atoms with Crippen LogP contribution in [0.25, 0.3) is 0 Å². The van der Waals surface area contributed by atoms with Crippen molar-refractivity contribution in [2.24, 2.45) is 0 Å². The molecule has 0 atom stereocenters. The number of aryl methyl sites for hydroxylation is 1. The minimum absolute atomic E-state index is 0.0587. The van der Waals surface area contributed by atoms with Gasteiger partial charge in [0.15, 0.2) is 0 Å². The van der Waals surface area contributed by atoms with Gasteiger partial charge in [0.1, 0.15) is 10.9 Å². The standard InChI is InChI=1S/C13H10ClIN2O2/c1-7-4-9(6-16-12(7)14)17-13(19)10-5-8(15)2-3-11(10)18/h2-6,18H,1H3,(H,17,19).